The number of hydrogen-bond acceptors (Lipinski definition) is 5. The van der Waals surface area contributed by atoms with E-state index in [9.17, 15) is 9.36 Å². The first kappa shape index (κ1) is 17.9. The first-order valence-electron chi connectivity index (χ1n) is 7.18. The third kappa shape index (κ3) is 3.56. The van der Waals surface area contributed by atoms with Gasteiger partial charge in [0.25, 0.3) is 5.56 Å². The van der Waals surface area contributed by atoms with Crippen LogP contribution in [0.4, 0.5) is 0 Å². The van der Waals surface area contributed by atoms with Crippen molar-refractivity contribution in [2.24, 2.45) is 0 Å². The molecule has 6 nitrogen and oxygen atoms in total. The van der Waals surface area contributed by atoms with Crippen molar-refractivity contribution in [3.05, 3.63) is 51.5 Å². The summed E-state index contributed by atoms with van der Waals surface area (Å²) in [7, 11) is -3.83. The van der Waals surface area contributed by atoms with E-state index in [2.05, 4.69) is 4.98 Å². The van der Waals surface area contributed by atoms with E-state index in [-0.39, 0.29) is 23.8 Å². The topological polar surface area (TPSA) is 70.4 Å². The van der Waals surface area contributed by atoms with Crippen molar-refractivity contribution in [3.63, 3.8) is 0 Å². The zero-order chi connectivity index (χ0) is 17.0. The third-order valence-electron chi connectivity index (χ3n) is 3.10. The lowest BCUT2D eigenvalue weighted by atomic mass is 10.3. The van der Waals surface area contributed by atoms with Crippen LogP contribution in [0.2, 0.25) is 5.15 Å². The maximum Gasteiger partial charge on any atom is 0.385 e. The molecule has 124 valence electrons. The van der Waals surface area contributed by atoms with Crippen LogP contribution in [0.15, 0.2) is 35.1 Å². The Hall–Kier alpha value is -1.46. The lowest BCUT2D eigenvalue weighted by Gasteiger charge is -2.18. The zero-order valence-corrected chi connectivity index (χ0v) is 14.8. The van der Waals surface area contributed by atoms with Gasteiger partial charge in [0.2, 0.25) is 5.44 Å². The Labute approximate surface area is 139 Å². The number of rotatable bonds is 6. The molecule has 1 aromatic heterocycles. The normalized spacial score (nSPS) is 11.7. The number of nitrogens with zero attached hydrogens (tertiary/aromatic N) is 2. The predicted molar refractivity (Wildman–Crippen MR) is 90.1 cm³/mol. The number of hydrogen-bond donors (Lipinski definition) is 0. The van der Waals surface area contributed by atoms with Crippen LogP contribution < -0.4 is 11.0 Å². The van der Waals surface area contributed by atoms with Crippen molar-refractivity contribution in [2.45, 2.75) is 20.8 Å². The first-order chi connectivity index (χ1) is 10.9. The highest BCUT2D eigenvalue weighted by molar-refractivity contribution is 7.61. The fraction of sp³-hybridized carbons (Fsp3) is 0.333. The molecule has 1 aromatic carbocycles. The lowest BCUT2D eigenvalue weighted by molar-refractivity contribution is 0.229. The molecule has 0 saturated heterocycles. The zero-order valence-electron chi connectivity index (χ0n) is 13.2. The molecule has 0 saturated carbocycles. The van der Waals surface area contributed by atoms with Gasteiger partial charge in [-0.25, -0.2) is 4.98 Å². The van der Waals surface area contributed by atoms with Gasteiger partial charge < -0.3 is 9.05 Å². The second-order valence-electron chi connectivity index (χ2n) is 4.62. The Morgan fingerprint density at radius 2 is 1.74 bits per heavy atom. The van der Waals surface area contributed by atoms with E-state index in [1.807, 2.05) is 6.07 Å². The molecule has 0 amide bonds. The fourth-order valence-corrected chi connectivity index (χ4v) is 3.92. The van der Waals surface area contributed by atoms with E-state index in [0.717, 1.165) is 0 Å². The Kier molecular flexibility index (Phi) is 5.76. The van der Waals surface area contributed by atoms with Crippen LogP contribution in [0.25, 0.3) is 5.69 Å². The van der Waals surface area contributed by atoms with Crippen molar-refractivity contribution < 1.29 is 13.6 Å². The van der Waals surface area contributed by atoms with Crippen molar-refractivity contribution >= 4 is 24.6 Å². The number of aromatic nitrogens is 2. The second-order valence-corrected chi connectivity index (χ2v) is 6.91. The Morgan fingerprint density at radius 1 is 1.17 bits per heavy atom. The summed E-state index contributed by atoms with van der Waals surface area (Å²) in [5.74, 6) is 0. The van der Waals surface area contributed by atoms with E-state index < -0.39 is 13.2 Å². The van der Waals surface area contributed by atoms with E-state index in [0.29, 0.717) is 11.4 Å². The van der Waals surface area contributed by atoms with Crippen molar-refractivity contribution in [1.82, 2.24) is 9.55 Å². The third-order valence-corrected chi connectivity index (χ3v) is 5.47. The highest BCUT2D eigenvalue weighted by atomic mass is 35.5. The molecule has 2 rings (SSSR count). The molecule has 0 bridgehead atoms. The van der Waals surface area contributed by atoms with Crippen molar-refractivity contribution in [3.8, 4) is 5.69 Å². The molecule has 0 aliphatic heterocycles. The largest absolute Gasteiger partial charge is 0.385 e. The smallest absolute Gasteiger partial charge is 0.304 e. The minimum Gasteiger partial charge on any atom is -0.304 e. The van der Waals surface area contributed by atoms with E-state index in [1.54, 1.807) is 45.0 Å². The summed E-state index contributed by atoms with van der Waals surface area (Å²) in [5.41, 5.74) is 0.176. The van der Waals surface area contributed by atoms with Crippen LogP contribution in [0.5, 0.6) is 0 Å². The monoisotopic (exact) mass is 356 g/mol. The summed E-state index contributed by atoms with van der Waals surface area (Å²) in [6.07, 6.45) is 0. The number of para-hydroxylation sites is 1. The minimum atomic E-state index is -3.83. The van der Waals surface area contributed by atoms with E-state index >= 15 is 0 Å². The fourth-order valence-electron chi connectivity index (χ4n) is 2.13. The standard InChI is InChI=1S/C15H18ClN2O4P/c1-4-21-23(20,22-5-2)14-15(19)18(11(3)13(16)17-14)12-9-7-6-8-10-12/h6-10H,4-5H2,1-3H3. The van der Waals surface area contributed by atoms with Crippen molar-refractivity contribution in [1.29, 1.82) is 0 Å². The number of benzene rings is 1. The molecule has 1 heterocycles. The van der Waals surface area contributed by atoms with Crippen LogP contribution in [0, 0.1) is 6.92 Å². The molecule has 0 radical (unpaired) electrons. The Bertz CT molecular complexity index is 782. The molecule has 0 aliphatic rings. The van der Waals surface area contributed by atoms with Gasteiger partial charge in [-0.2, -0.15) is 0 Å². The van der Waals surface area contributed by atoms with Crippen LogP contribution in [-0.2, 0) is 13.6 Å². The van der Waals surface area contributed by atoms with Crippen LogP contribution >= 0.6 is 19.2 Å². The molecule has 8 heteroatoms. The van der Waals surface area contributed by atoms with Crippen LogP contribution in [0.3, 0.4) is 0 Å². The highest BCUT2D eigenvalue weighted by Crippen LogP contribution is 2.45. The predicted octanol–water partition coefficient (Wildman–Crippen LogP) is 3.09. The SMILES string of the molecule is CCOP(=O)(OCC)c1nc(Cl)c(C)n(-c2ccccc2)c1=O. The molecule has 0 aliphatic carbocycles. The Morgan fingerprint density at radius 3 is 2.26 bits per heavy atom. The summed E-state index contributed by atoms with van der Waals surface area (Å²) in [6.45, 7) is 5.23. The van der Waals surface area contributed by atoms with Gasteiger partial charge in [-0.3, -0.25) is 13.9 Å². The summed E-state index contributed by atoms with van der Waals surface area (Å²) >= 11 is 6.14. The van der Waals surface area contributed by atoms with Gasteiger partial charge in [0, 0.05) is 5.69 Å². The summed E-state index contributed by atoms with van der Waals surface area (Å²) < 4.78 is 24.7. The van der Waals surface area contributed by atoms with Gasteiger partial charge in [-0.05, 0) is 32.9 Å². The van der Waals surface area contributed by atoms with Crippen molar-refractivity contribution in [2.75, 3.05) is 13.2 Å². The van der Waals surface area contributed by atoms with Crippen LogP contribution in [-0.4, -0.2) is 22.8 Å². The van der Waals surface area contributed by atoms with E-state index in [1.165, 1.54) is 4.57 Å². The quantitative estimate of drug-likeness (QED) is 0.744. The summed E-state index contributed by atoms with van der Waals surface area (Å²) in [5, 5.41) is 0.0723. The molecular formula is C15H18ClN2O4P. The van der Waals surface area contributed by atoms with Gasteiger partial charge in [-0.1, -0.05) is 29.8 Å². The van der Waals surface area contributed by atoms with Gasteiger partial charge >= 0.3 is 7.60 Å². The van der Waals surface area contributed by atoms with Gasteiger partial charge in [0.1, 0.15) is 5.15 Å². The average Bonchev–Trinajstić information content (AvgIpc) is 2.52. The average molecular weight is 357 g/mol. The van der Waals surface area contributed by atoms with Crippen LogP contribution in [0.1, 0.15) is 19.5 Å². The van der Waals surface area contributed by atoms with Gasteiger partial charge in [0.05, 0.1) is 18.9 Å². The molecular weight excluding hydrogens is 339 g/mol. The maximum absolute atomic E-state index is 12.9. The lowest BCUT2D eigenvalue weighted by Crippen LogP contribution is -2.38. The molecule has 2 aromatic rings. The molecule has 0 unspecified atom stereocenters. The molecule has 0 N–H and O–H groups in total. The molecule has 0 fully saturated rings. The minimum absolute atomic E-state index is 0.0723. The summed E-state index contributed by atoms with van der Waals surface area (Å²) in [4.78, 5) is 16.8. The van der Waals surface area contributed by atoms with Gasteiger partial charge in [0.15, 0.2) is 0 Å². The molecule has 23 heavy (non-hydrogen) atoms. The number of halogens is 1. The Balaban J connectivity index is 2.75. The summed E-state index contributed by atoms with van der Waals surface area (Å²) in [6, 6.07) is 8.92. The first-order valence-corrected chi connectivity index (χ1v) is 9.11. The highest BCUT2D eigenvalue weighted by Gasteiger charge is 2.34. The van der Waals surface area contributed by atoms with E-state index in [4.69, 9.17) is 20.6 Å². The second kappa shape index (κ2) is 7.41. The molecule has 0 spiro atoms. The molecule has 0 atom stereocenters. The maximum atomic E-state index is 12.9. The van der Waals surface area contributed by atoms with Gasteiger partial charge in [-0.15, -0.1) is 0 Å².